The van der Waals surface area contributed by atoms with Crippen LogP contribution in [0.1, 0.15) is 0 Å². The molecule has 49 heavy (non-hydrogen) atoms. The van der Waals surface area contributed by atoms with Crippen LogP contribution in [0.5, 0.6) is 0 Å². The van der Waals surface area contributed by atoms with E-state index in [0.29, 0.717) is 5.82 Å². The van der Waals surface area contributed by atoms with Gasteiger partial charge in [0, 0.05) is 32.8 Å². The maximum atomic E-state index is 6.57. The first-order valence-corrected chi connectivity index (χ1v) is 16.6. The van der Waals surface area contributed by atoms with Gasteiger partial charge in [-0.15, -0.1) is 0 Å². The van der Waals surface area contributed by atoms with Crippen molar-refractivity contribution in [2.45, 2.75) is 0 Å². The summed E-state index contributed by atoms with van der Waals surface area (Å²) >= 11 is 0. The molecule has 3 nitrogen and oxygen atoms in total. The molecular weight excluding hydrogens is 597 g/mol. The second-order valence-corrected chi connectivity index (χ2v) is 12.5. The third-order valence-electron chi connectivity index (χ3n) is 9.66. The molecule has 228 valence electrons. The molecule has 0 saturated heterocycles. The number of fused-ring (bicyclic) bond motifs is 10. The third-order valence-corrected chi connectivity index (χ3v) is 9.66. The first kappa shape index (κ1) is 27.5. The fraction of sp³-hybridized carbons (Fsp3) is 0. The monoisotopic (exact) mass is 624 g/mol. The zero-order valence-corrected chi connectivity index (χ0v) is 26.5. The minimum Gasteiger partial charge on any atom is -0.455 e. The van der Waals surface area contributed by atoms with Crippen LogP contribution in [-0.2, 0) is 0 Å². The van der Waals surface area contributed by atoms with Gasteiger partial charge in [-0.1, -0.05) is 140 Å². The summed E-state index contributed by atoms with van der Waals surface area (Å²) in [6.07, 6.45) is 0. The van der Waals surface area contributed by atoms with E-state index in [2.05, 4.69) is 127 Å². The highest BCUT2D eigenvalue weighted by Gasteiger charge is 2.17. The van der Waals surface area contributed by atoms with E-state index in [-0.39, 0.29) is 0 Å². The van der Waals surface area contributed by atoms with Gasteiger partial charge in [-0.25, -0.2) is 9.97 Å². The molecule has 0 aliphatic carbocycles. The van der Waals surface area contributed by atoms with Gasteiger partial charge in [0.05, 0.1) is 11.4 Å². The fourth-order valence-electron chi connectivity index (χ4n) is 7.33. The van der Waals surface area contributed by atoms with E-state index in [9.17, 15) is 0 Å². The molecule has 8 aromatic carbocycles. The number of hydrogen-bond acceptors (Lipinski definition) is 3. The lowest BCUT2D eigenvalue weighted by Gasteiger charge is -2.13. The zero-order chi connectivity index (χ0) is 32.3. The number of benzene rings is 8. The van der Waals surface area contributed by atoms with E-state index >= 15 is 0 Å². The van der Waals surface area contributed by atoms with Gasteiger partial charge >= 0.3 is 0 Å². The second-order valence-electron chi connectivity index (χ2n) is 12.5. The summed E-state index contributed by atoms with van der Waals surface area (Å²) in [4.78, 5) is 10.2. The van der Waals surface area contributed by atoms with Gasteiger partial charge in [-0.3, -0.25) is 0 Å². The molecule has 0 spiro atoms. The Balaban J connectivity index is 1.17. The normalized spacial score (nSPS) is 11.7. The Morgan fingerprint density at radius 3 is 1.59 bits per heavy atom. The molecule has 0 aliphatic rings. The molecule has 10 aromatic rings. The van der Waals surface area contributed by atoms with Gasteiger partial charge in [0.25, 0.3) is 0 Å². The summed E-state index contributed by atoms with van der Waals surface area (Å²) in [7, 11) is 0. The van der Waals surface area contributed by atoms with Crippen molar-refractivity contribution in [1.82, 2.24) is 9.97 Å². The molecule has 2 heterocycles. The van der Waals surface area contributed by atoms with E-state index in [1.54, 1.807) is 0 Å². The van der Waals surface area contributed by atoms with E-state index in [1.807, 2.05) is 42.5 Å². The third kappa shape index (κ3) is 4.51. The van der Waals surface area contributed by atoms with Crippen LogP contribution < -0.4 is 0 Å². The highest BCUT2D eigenvalue weighted by molar-refractivity contribution is 6.32. The van der Waals surface area contributed by atoms with Gasteiger partial charge in [-0.2, -0.15) is 0 Å². The van der Waals surface area contributed by atoms with Crippen molar-refractivity contribution >= 4 is 54.3 Å². The molecular formula is C46H28N2O. The average Bonchev–Trinajstić information content (AvgIpc) is 3.57. The van der Waals surface area contributed by atoms with Crippen molar-refractivity contribution in [2.24, 2.45) is 0 Å². The fourth-order valence-corrected chi connectivity index (χ4v) is 7.33. The number of rotatable bonds is 4. The second kappa shape index (κ2) is 11.0. The number of hydrogen-bond donors (Lipinski definition) is 0. The Kier molecular flexibility index (Phi) is 6.18. The Morgan fingerprint density at radius 2 is 0.857 bits per heavy atom. The van der Waals surface area contributed by atoms with Crippen LogP contribution in [0.2, 0.25) is 0 Å². The number of nitrogens with zero attached hydrogens (tertiary/aromatic N) is 2. The Bertz CT molecular complexity index is 2810. The summed E-state index contributed by atoms with van der Waals surface area (Å²) in [5, 5.41) is 9.48. The molecule has 0 bridgehead atoms. The Labute approximate surface area is 282 Å². The van der Waals surface area contributed by atoms with E-state index in [4.69, 9.17) is 14.4 Å². The summed E-state index contributed by atoms with van der Waals surface area (Å²) in [5.41, 5.74) is 8.99. The van der Waals surface area contributed by atoms with E-state index < -0.39 is 0 Å². The summed E-state index contributed by atoms with van der Waals surface area (Å²) in [6, 6.07) is 59.6. The Hall–Kier alpha value is -6.58. The summed E-state index contributed by atoms with van der Waals surface area (Å²) in [6.45, 7) is 0. The molecule has 0 saturated carbocycles. The predicted molar refractivity (Wildman–Crippen MR) is 204 cm³/mol. The van der Waals surface area contributed by atoms with Gasteiger partial charge in [0.15, 0.2) is 5.82 Å². The minimum atomic E-state index is 0.701. The van der Waals surface area contributed by atoms with Crippen molar-refractivity contribution in [3.63, 3.8) is 0 Å². The number of furan rings is 1. The number of aromatic nitrogens is 2. The molecule has 0 radical (unpaired) electrons. The average molecular weight is 625 g/mol. The molecule has 0 atom stereocenters. The van der Waals surface area contributed by atoms with Gasteiger partial charge in [0.2, 0.25) is 0 Å². The minimum absolute atomic E-state index is 0.701. The van der Waals surface area contributed by atoms with Crippen LogP contribution >= 0.6 is 0 Å². The first-order chi connectivity index (χ1) is 24.3. The van der Waals surface area contributed by atoms with Gasteiger partial charge in [0.1, 0.15) is 11.2 Å². The topological polar surface area (TPSA) is 38.9 Å². The van der Waals surface area contributed by atoms with Gasteiger partial charge in [-0.05, 0) is 68.4 Å². The van der Waals surface area contributed by atoms with Crippen molar-refractivity contribution < 1.29 is 4.42 Å². The van der Waals surface area contributed by atoms with Crippen LogP contribution in [-0.4, -0.2) is 9.97 Å². The number of para-hydroxylation sites is 1. The summed E-state index contributed by atoms with van der Waals surface area (Å²) < 4.78 is 6.57. The van der Waals surface area contributed by atoms with Crippen molar-refractivity contribution in [3.8, 4) is 45.0 Å². The molecule has 2 aromatic heterocycles. The molecule has 0 N–H and O–H groups in total. The SMILES string of the molecule is c1ccc(-c2cc(-c3ccccc3)nc(-c3cccc(-c4ccc5c(c4)c4ccccc4c4ccc6c7ccccc7oc6c45)c3)n2)cc1. The molecule has 0 amide bonds. The molecule has 3 heteroatoms. The molecule has 0 aliphatic heterocycles. The zero-order valence-electron chi connectivity index (χ0n) is 26.5. The van der Waals surface area contributed by atoms with Crippen molar-refractivity contribution in [1.29, 1.82) is 0 Å². The van der Waals surface area contributed by atoms with Gasteiger partial charge < -0.3 is 4.42 Å². The van der Waals surface area contributed by atoms with Crippen LogP contribution in [0.4, 0.5) is 0 Å². The molecule has 0 fully saturated rings. The highest BCUT2D eigenvalue weighted by atomic mass is 16.3. The standard InChI is InChI=1S/C46H28N2O/c1-3-12-29(13-4-1)41-28-42(30-14-5-2-6-15-30)48-46(47-41)33-17-11-16-31(26-33)32-22-23-38-40(27-32)35-19-8-7-18-34(35)37-24-25-39-36-20-9-10-21-43(36)49-45(39)44(37)38/h1-28H. The van der Waals surface area contributed by atoms with E-state index in [1.165, 1.54) is 26.9 Å². The summed E-state index contributed by atoms with van der Waals surface area (Å²) in [5.74, 6) is 0.701. The smallest absolute Gasteiger partial charge is 0.160 e. The van der Waals surface area contributed by atoms with Crippen LogP contribution in [0, 0.1) is 0 Å². The van der Waals surface area contributed by atoms with Crippen LogP contribution in [0.25, 0.3) is 99.3 Å². The maximum absolute atomic E-state index is 6.57. The molecule has 10 rings (SSSR count). The van der Waals surface area contributed by atoms with Crippen LogP contribution in [0.3, 0.4) is 0 Å². The largest absolute Gasteiger partial charge is 0.455 e. The van der Waals surface area contributed by atoms with Crippen LogP contribution in [0.15, 0.2) is 174 Å². The lowest BCUT2D eigenvalue weighted by molar-refractivity contribution is 0.673. The Morgan fingerprint density at radius 1 is 0.327 bits per heavy atom. The lowest BCUT2D eigenvalue weighted by atomic mass is 9.91. The predicted octanol–water partition coefficient (Wildman–Crippen LogP) is 12.5. The molecule has 0 unspecified atom stereocenters. The van der Waals surface area contributed by atoms with Crippen molar-refractivity contribution in [2.75, 3.05) is 0 Å². The lowest BCUT2D eigenvalue weighted by Crippen LogP contribution is -1.96. The quantitative estimate of drug-likeness (QED) is 0.183. The first-order valence-electron chi connectivity index (χ1n) is 16.6. The van der Waals surface area contributed by atoms with E-state index in [0.717, 1.165) is 66.5 Å². The maximum Gasteiger partial charge on any atom is 0.160 e. The highest BCUT2D eigenvalue weighted by Crippen LogP contribution is 2.43. The van der Waals surface area contributed by atoms with Crippen molar-refractivity contribution in [3.05, 3.63) is 170 Å².